The number of carbonyl (C=O) groups is 3. The summed E-state index contributed by atoms with van der Waals surface area (Å²) in [5, 5.41) is 15.7. The van der Waals surface area contributed by atoms with Crippen LogP contribution in [0.1, 0.15) is 43.4 Å². The van der Waals surface area contributed by atoms with Crippen LogP contribution in [0.5, 0.6) is 0 Å². The molecule has 144 valence electrons. The molecular formula is C16H23N3O7. The van der Waals surface area contributed by atoms with Gasteiger partial charge in [0.05, 0.1) is 6.54 Å². The Bertz CT molecular complexity index is 694. The normalized spacial score (nSPS) is 20.1. The summed E-state index contributed by atoms with van der Waals surface area (Å²) in [7, 11) is 1.48. The summed E-state index contributed by atoms with van der Waals surface area (Å²) in [5.74, 6) is -1.34. The van der Waals surface area contributed by atoms with Gasteiger partial charge in [-0.2, -0.15) is 0 Å². The van der Waals surface area contributed by atoms with Gasteiger partial charge in [0.1, 0.15) is 12.2 Å². The molecule has 2 heterocycles. The number of alkyl carbamates (subject to hydrolysis) is 1. The molecular weight excluding hydrogens is 346 g/mol. The molecule has 1 aromatic rings. The number of hydrogen-bond acceptors (Lipinski definition) is 7. The molecule has 1 saturated heterocycles. The second-order valence-electron chi connectivity index (χ2n) is 7.10. The molecule has 1 aliphatic heterocycles. The molecule has 1 aromatic heterocycles. The zero-order valence-electron chi connectivity index (χ0n) is 15.2. The molecule has 1 aliphatic rings. The Balaban J connectivity index is 2.09. The molecule has 1 unspecified atom stereocenters. The number of carboxylic acid groups (broad SMARTS) is 1. The van der Waals surface area contributed by atoms with E-state index in [9.17, 15) is 19.5 Å². The van der Waals surface area contributed by atoms with Crippen molar-refractivity contribution in [1.29, 1.82) is 0 Å². The van der Waals surface area contributed by atoms with E-state index in [2.05, 4.69) is 10.5 Å². The predicted octanol–water partition coefficient (Wildman–Crippen LogP) is 1.02. The van der Waals surface area contributed by atoms with E-state index < -0.39 is 29.1 Å². The zero-order chi connectivity index (χ0) is 19.5. The van der Waals surface area contributed by atoms with E-state index in [1.54, 1.807) is 20.8 Å². The highest BCUT2D eigenvalue weighted by Gasteiger charge is 2.48. The first-order chi connectivity index (χ1) is 12.1. The first kappa shape index (κ1) is 19.7. The summed E-state index contributed by atoms with van der Waals surface area (Å²) in [4.78, 5) is 37.6. The maximum atomic E-state index is 12.5. The second-order valence-corrected chi connectivity index (χ2v) is 7.10. The van der Waals surface area contributed by atoms with Gasteiger partial charge >= 0.3 is 12.1 Å². The summed E-state index contributed by atoms with van der Waals surface area (Å²) in [6, 6.07) is 1.44. The van der Waals surface area contributed by atoms with Crippen molar-refractivity contribution in [2.24, 2.45) is 0 Å². The molecule has 2 rings (SSSR count). The fourth-order valence-electron chi connectivity index (χ4n) is 2.60. The maximum Gasteiger partial charge on any atom is 0.408 e. The Kier molecular flexibility index (Phi) is 5.55. The van der Waals surface area contributed by atoms with Gasteiger partial charge in [-0.3, -0.25) is 4.79 Å². The molecule has 26 heavy (non-hydrogen) atoms. The minimum atomic E-state index is -1.61. The van der Waals surface area contributed by atoms with Crippen molar-refractivity contribution in [1.82, 2.24) is 15.4 Å². The van der Waals surface area contributed by atoms with Crippen LogP contribution in [0.25, 0.3) is 0 Å². The maximum absolute atomic E-state index is 12.5. The Hall–Kier alpha value is -2.62. The molecule has 0 bridgehead atoms. The van der Waals surface area contributed by atoms with Crippen LogP contribution in [-0.2, 0) is 20.9 Å². The fraction of sp³-hybridized carbons (Fsp3) is 0.625. The highest BCUT2D eigenvalue weighted by atomic mass is 16.6. The van der Waals surface area contributed by atoms with Gasteiger partial charge in [0, 0.05) is 26.1 Å². The topological polar surface area (TPSA) is 131 Å². The molecule has 1 fully saturated rings. The average Bonchev–Trinajstić information content (AvgIpc) is 3.13. The van der Waals surface area contributed by atoms with Crippen LogP contribution in [-0.4, -0.2) is 64.5 Å². The monoisotopic (exact) mass is 369 g/mol. The zero-order valence-corrected chi connectivity index (χ0v) is 15.2. The summed E-state index contributed by atoms with van der Waals surface area (Å²) in [5.41, 5.74) is -2.33. The van der Waals surface area contributed by atoms with Crippen molar-refractivity contribution in [2.75, 3.05) is 20.2 Å². The lowest BCUT2D eigenvalue weighted by Gasteiger charge is -2.28. The Morgan fingerprint density at radius 2 is 2.12 bits per heavy atom. The van der Waals surface area contributed by atoms with E-state index in [0.29, 0.717) is 5.76 Å². The third-order valence-corrected chi connectivity index (χ3v) is 3.77. The van der Waals surface area contributed by atoms with Crippen molar-refractivity contribution < 1.29 is 33.5 Å². The van der Waals surface area contributed by atoms with Crippen LogP contribution >= 0.6 is 0 Å². The van der Waals surface area contributed by atoms with E-state index >= 15 is 0 Å². The quantitative estimate of drug-likeness (QED) is 0.786. The molecule has 2 N–H and O–H groups in total. The van der Waals surface area contributed by atoms with E-state index in [1.807, 2.05) is 0 Å². The molecule has 10 heteroatoms. The van der Waals surface area contributed by atoms with Crippen molar-refractivity contribution in [3.05, 3.63) is 17.5 Å². The summed E-state index contributed by atoms with van der Waals surface area (Å²) < 4.78 is 15.0. The number of rotatable bonds is 5. The Morgan fingerprint density at radius 3 is 2.69 bits per heavy atom. The van der Waals surface area contributed by atoms with Gasteiger partial charge in [-0.25, -0.2) is 9.59 Å². The number of hydrogen-bond donors (Lipinski definition) is 2. The third-order valence-electron chi connectivity index (χ3n) is 3.77. The smallest absolute Gasteiger partial charge is 0.408 e. The Labute approximate surface area is 150 Å². The highest BCUT2D eigenvalue weighted by Crippen LogP contribution is 2.24. The van der Waals surface area contributed by atoms with E-state index in [0.717, 1.165) is 0 Å². The number of likely N-dealkylation sites (tertiary alicyclic amines) is 1. The van der Waals surface area contributed by atoms with Gasteiger partial charge in [0.2, 0.25) is 0 Å². The standard InChI is InChI=1S/C16H23N3O7/c1-15(2,3)25-14(23)17-16(13(21)22)5-6-19(9-16)12(20)11-7-10(8-24-4)26-18-11/h7H,5-6,8-9H2,1-4H3,(H,17,23)(H,21,22). The number of carbonyl (C=O) groups excluding carboxylic acids is 2. The summed E-state index contributed by atoms with van der Waals surface area (Å²) in [6.07, 6.45) is -0.797. The number of nitrogens with one attached hydrogen (secondary N) is 1. The van der Waals surface area contributed by atoms with Gasteiger partial charge in [0.15, 0.2) is 17.0 Å². The number of aromatic nitrogens is 1. The molecule has 0 spiro atoms. The molecule has 10 nitrogen and oxygen atoms in total. The van der Waals surface area contributed by atoms with Gasteiger partial charge in [-0.15, -0.1) is 0 Å². The summed E-state index contributed by atoms with van der Waals surface area (Å²) >= 11 is 0. The molecule has 0 radical (unpaired) electrons. The minimum Gasteiger partial charge on any atom is -0.479 e. The third kappa shape index (κ3) is 4.51. The molecule has 0 aliphatic carbocycles. The lowest BCUT2D eigenvalue weighted by atomic mass is 9.99. The van der Waals surface area contributed by atoms with Gasteiger partial charge in [-0.1, -0.05) is 5.16 Å². The van der Waals surface area contributed by atoms with Crippen molar-refractivity contribution in [3.8, 4) is 0 Å². The summed E-state index contributed by atoms with van der Waals surface area (Å²) in [6.45, 7) is 5.13. The molecule has 1 atom stereocenters. The number of ether oxygens (including phenoxy) is 2. The van der Waals surface area contributed by atoms with E-state index in [4.69, 9.17) is 14.0 Å². The number of nitrogens with zero attached hydrogens (tertiary/aromatic N) is 2. The fourth-order valence-corrected chi connectivity index (χ4v) is 2.60. The van der Waals surface area contributed by atoms with Crippen LogP contribution < -0.4 is 5.32 Å². The molecule has 0 aromatic carbocycles. The van der Waals surface area contributed by atoms with Crippen molar-refractivity contribution in [3.63, 3.8) is 0 Å². The largest absolute Gasteiger partial charge is 0.479 e. The van der Waals surface area contributed by atoms with Crippen molar-refractivity contribution >= 4 is 18.0 Å². The van der Waals surface area contributed by atoms with Gasteiger partial charge in [-0.05, 0) is 20.8 Å². The van der Waals surface area contributed by atoms with Gasteiger partial charge in [0.25, 0.3) is 5.91 Å². The van der Waals surface area contributed by atoms with E-state index in [1.165, 1.54) is 18.1 Å². The number of carboxylic acids is 1. The van der Waals surface area contributed by atoms with Crippen LogP contribution in [0.3, 0.4) is 0 Å². The average molecular weight is 369 g/mol. The minimum absolute atomic E-state index is 0.0514. The molecule has 0 saturated carbocycles. The van der Waals surface area contributed by atoms with Crippen LogP contribution in [0.2, 0.25) is 0 Å². The van der Waals surface area contributed by atoms with Gasteiger partial charge < -0.3 is 29.3 Å². The Morgan fingerprint density at radius 1 is 1.42 bits per heavy atom. The first-order valence-electron chi connectivity index (χ1n) is 8.05. The van der Waals surface area contributed by atoms with Crippen LogP contribution in [0, 0.1) is 0 Å². The lowest BCUT2D eigenvalue weighted by molar-refractivity contribution is -0.144. The predicted molar refractivity (Wildman–Crippen MR) is 87.5 cm³/mol. The number of methoxy groups -OCH3 is 1. The SMILES string of the molecule is COCc1cc(C(=O)N2CCC(NC(=O)OC(C)(C)C)(C(=O)O)C2)no1. The second kappa shape index (κ2) is 7.32. The first-order valence-corrected chi connectivity index (χ1v) is 8.05. The highest BCUT2D eigenvalue weighted by molar-refractivity contribution is 5.94. The number of aliphatic carboxylic acids is 1. The number of amides is 2. The molecule has 2 amide bonds. The van der Waals surface area contributed by atoms with Crippen LogP contribution in [0.15, 0.2) is 10.6 Å². The van der Waals surface area contributed by atoms with E-state index in [-0.39, 0.29) is 31.8 Å². The lowest BCUT2D eigenvalue weighted by Crippen LogP contribution is -2.57. The van der Waals surface area contributed by atoms with Crippen LogP contribution in [0.4, 0.5) is 4.79 Å². The van der Waals surface area contributed by atoms with Crippen molar-refractivity contribution in [2.45, 2.75) is 44.9 Å².